The number of benzene rings is 2. The molecule has 2 N–H and O–H groups in total. The quantitative estimate of drug-likeness (QED) is 0.943. The van der Waals surface area contributed by atoms with Crippen LogP contribution in [0.3, 0.4) is 0 Å². The van der Waals surface area contributed by atoms with Crippen molar-refractivity contribution in [3.63, 3.8) is 0 Å². The minimum Gasteiger partial charge on any atom is -0.326 e. The second-order valence-electron chi connectivity index (χ2n) is 4.72. The van der Waals surface area contributed by atoms with Crippen LogP contribution in [0.4, 0.5) is 10.1 Å². The summed E-state index contributed by atoms with van der Waals surface area (Å²) in [4.78, 5) is -0.0446. The van der Waals surface area contributed by atoms with Gasteiger partial charge in [0.2, 0.25) is 0 Å². The molecule has 0 fully saturated rings. The van der Waals surface area contributed by atoms with Gasteiger partial charge in [0.1, 0.15) is 5.82 Å². The van der Waals surface area contributed by atoms with E-state index in [1.807, 2.05) is 0 Å². The minimum atomic E-state index is -3.84. The third-order valence-electron chi connectivity index (χ3n) is 3.34. The number of nitrogens with zero attached hydrogens (tertiary/aromatic N) is 1. The summed E-state index contributed by atoms with van der Waals surface area (Å²) in [6, 6.07) is 10.7. The van der Waals surface area contributed by atoms with Crippen molar-refractivity contribution in [2.45, 2.75) is 18.4 Å². The highest BCUT2D eigenvalue weighted by molar-refractivity contribution is 7.92. The summed E-state index contributed by atoms with van der Waals surface area (Å²) >= 11 is 0. The maximum Gasteiger partial charge on any atom is 0.264 e. The molecular formula is C15H17FN2O2S. The van der Waals surface area contributed by atoms with Gasteiger partial charge < -0.3 is 5.73 Å². The molecule has 0 aliphatic rings. The van der Waals surface area contributed by atoms with E-state index in [9.17, 15) is 12.8 Å². The van der Waals surface area contributed by atoms with E-state index < -0.39 is 15.8 Å². The Morgan fingerprint density at radius 3 is 2.52 bits per heavy atom. The summed E-state index contributed by atoms with van der Waals surface area (Å²) in [7, 11) is -2.40. The molecule has 2 aromatic carbocycles. The average Bonchev–Trinajstić information content (AvgIpc) is 2.48. The lowest BCUT2D eigenvalue weighted by molar-refractivity contribution is 0.588. The van der Waals surface area contributed by atoms with Crippen molar-refractivity contribution >= 4 is 15.7 Å². The van der Waals surface area contributed by atoms with Gasteiger partial charge in [0.25, 0.3) is 10.0 Å². The molecular weight excluding hydrogens is 291 g/mol. The van der Waals surface area contributed by atoms with Gasteiger partial charge in [0, 0.05) is 13.6 Å². The van der Waals surface area contributed by atoms with E-state index in [2.05, 4.69) is 0 Å². The number of nitrogens with two attached hydrogens (primary N) is 1. The molecule has 6 heteroatoms. The van der Waals surface area contributed by atoms with Crippen LogP contribution in [0, 0.1) is 12.7 Å². The summed E-state index contributed by atoms with van der Waals surface area (Å²) in [5.41, 5.74) is 7.33. The Labute approximate surface area is 124 Å². The average molecular weight is 308 g/mol. The molecule has 112 valence electrons. The third kappa shape index (κ3) is 2.91. The molecule has 4 nitrogen and oxygen atoms in total. The zero-order chi connectivity index (χ0) is 15.6. The van der Waals surface area contributed by atoms with Gasteiger partial charge in [-0.05, 0) is 36.2 Å². The molecule has 0 bridgehead atoms. The van der Waals surface area contributed by atoms with Gasteiger partial charge in [0.15, 0.2) is 0 Å². The molecule has 0 saturated heterocycles. The molecule has 0 aromatic heterocycles. The number of halogens is 1. The lowest BCUT2D eigenvalue weighted by Gasteiger charge is -2.23. The zero-order valence-corrected chi connectivity index (χ0v) is 12.7. The SMILES string of the molecule is Cc1ccc(F)cc1S(=O)(=O)N(C)c1ccccc1CN. The van der Waals surface area contributed by atoms with Gasteiger partial charge in [-0.1, -0.05) is 24.3 Å². The summed E-state index contributed by atoms with van der Waals surface area (Å²) in [6.07, 6.45) is 0. The molecule has 0 atom stereocenters. The highest BCUT2D eigenvalue weighted by Gasteiger charge is 2.25. The fourth-order valence-electron chi connectivity index (χ4n) is 2.12. The van der Waals surface area contributed by atoms with Crippen molar-refractivity contribution in [2.24, 2.45) is 5.73 Å². The topological polar surface area (TPSA) is 63.4 Å². The van der Waals surface area contributed by atoms with Gasteiger partial charge in [-0.2, -0.15) is 0 Å². The first-order chi connectivity index (χ1) is 9.87. The fourth-order valence-corrected chi connectivity index (χ4v) is 3.59. The van der Waals surface area contributed by atoms with Crippen LogP contribution in [-0.2, 0) is 16.6 Å². The van der Waals surface area contributed by atoms with Gasteiger partial charge in [-0.25, -0.2) is 12.8 Å². The Bertz CT molecular complexity index is 760. The minimum absolute atomic E-state index is 0.0446. The second kappa shape index (κ2) is 5.83. The number of hydrogen-bond donors (Lipinski definition) is 1. The Kier molecular flexibility index (Phi) is 4.29. The Morgan fingerprint density at radius 2 is 1.86 bits per heavy atom. The first-order valence-electron chi connectivity index (χ1n) is 6.41. The summed E-state index contributed by atoms with van der Waals surface area (Å²) < 4.78 is 39.9. The standard InChI is InChI=1S/C15H17FN2O2S/c1-11-7-8-13(16)9-15(11)21(19,20)18(2)14-6-4-3-5-12(14)10-17/h3-9H,10,17H2,1-2H3. The number of aryl methyl sites for hydroxylation is 1. The second-order valence-corrected chi connectivity index (χ2v) is 6.65. The summed E-state index contributed by atoms with van der Waals surface area (Å²) in [6.45, 7) is 1.85. The molecule has 21 heavy (non-hydrogen) atoms. The van der Waals surface area contributed by atoms with Crippen molar-refractivity contribution in [1.82, 2.24) is 0 Å². The molecule has 0 radical (unpaired) electrons. The Balaban J connectivity index is 2.55. The maximum absolute atomic E-state index is 13.4. The van der Waals surface area contributed by atoms with Crippen LogP contribution in [0.25, 0.3) is 0 Å². The van der Waals surface area contributed by atoms with E-state index in [4.69, 9.17) is 5.73 Å². The molecule has 0 saturated carbocycles. The van der Waals surface area contributed by atoms with Crippen molar-refractivity contribution in [3.05, 3.63) is 59.4 Å². The normalized spacial score (nSPS) is 11.4. The largest absolute Gasteiger partial charge is 0.326 e. The van der Waals surface area contributed by atoms with Crippen molar-refractivity contribution < 1.29 is 12.8 Å². The van der Waals surface area contributed by atoms with E-state index >= 15 is 0 Å². The van der Waals surface area contributed by atoms with E-state index in [0.29, 0.717) is 16.8 Å². The van der Waals surface area contributed by atoms with Crippen LogP contribution < -0.4 is 10.0 Å². The van der Waals surface area contributed by atoms with Crippen LogP contribution >= 0.6 is 0 Å². The van der Waals surface area contributed by atoms with E-state index in [-0.39, 0.29) is 11.4 Å². The number of hydrogen-bond acceptors (Lipinski definition) is 3. The van der Waals surface area contributed by atoms with E-state index in [0.717, 1.165) is 10.4 Å². The van der Waals surface area contributed by atoms with Crippen LogP contribution in [-0.4, -0.2) is 15.5 Å². The molecule has 0 unspecified atom stereocenters. The molecule has 0 amide bonds. The van der Waals surface area contributed by atoms with Gasteiger partial charge >= 0.3 is 0 Å². The molecule has 2 rings (SSSR count). The van der Waals surface area contributed by atoms with Crippen molar-refractivity contribution in [2.75, 3.05) is 11.4 Å². The van der Waals surface area contributed by atoms with Crippen LogP contribution in [0.15, 0.2) is 47.4 Å². The smallest absolute Gasteiger partial charge is 0.264 e. The molecule has 0 aliphatic heterocycles. The highest BCUT2D eigenvalue weighted by Crippen LogP contribution is 2.27. The maximum atomic E-state index is 13.4. The van der Waals surface area contributed by atoms with Gasteiger partial charge in [0.05, 0.1) is 10.6 Å². The lowest BCUT2D eigenvalue weighted by atomic mass is 10.2. The first-order valence-corrected chi connectivity index (χ1v) is 7.85. The highest BCUT2D eigenvalue weighted by atomic mass is 32.2. The van der Waals surface area contributed by atoms with E-state index in [1.165, 1.54) is 19.2 Å². The molecule has 2 aromatic rings. The molecule has 0 spiro atoms. The number of para-hydroxylation sites is 1. The predicted octanol–water partition coefficient (Wildman–Crippen LogP) is 2.42. The Hall–Kier alpha value is -1.92. The summed E-state index contributed by atoms with van der Waals surface area (Å²) in [5, 5.41) is 0. The number of anilines is 1. The third-order valence-corrected chi connectivity index (χ3v) is 5.25. The van der Waals surface area contributed by atoms with Crippen LogP contribution in [0.2, 0.25) is 0 Å². The Morgan fingerprint density at radius 1 is 1.19 bits per heavy atom. The van der Waals surface area contributed by atoms with Gasteiger partial charge in [-0.15, -0.1) is 0 Å². The predicted molar refractivity (Wildman–Crippen MR) is 81.1 cm³/mol. The first kappa shape index (κ1) is 15.5. The van der Waals surface area contributed by atoms with Gasteiger partial charge in [-0.3, -0.25) is 4.31 Å². The van der Waals surface area contributed by atoms with Crippen LogP contribution in [0.5, 0.6) is 0 Å². The van der Waals surface area contributed by atoms with Crippen molar-refractivity contribution in [3.8, 4) is 0 Å². The number of rotatable bonds is 4. The fraction of sp³-hybridized carbons (Fsp3) is 0.200. The molecule has 0 heterocycles. The summed E-state index contributed by atoms with van der Waals surface area (Å²) in [5.74, 6) is -0.584. The lowest BCUT2D eigenvalue weighted by Crippen LogP contribution is -2.28. The monoisotopic (exact) mass is 308 g/mol. The van der Waals surface area contributed by atoms with Crippen LogP contribution in [0.1, 0.15) is 11.1 Å². The number of sulfonamides is 1. The van der Waals surface area contributed by atoms with Crippen molar-refractivity contribution in [1.29, 1.82) is 0 Å². The zero-order valence-electron chi connectivity index (χ0n) is 11.9. The van der Waals surface area contributed by atoms with E-state index in [1.54, 1.807) is 31.2 Å². The molecule has 0 aliphatic carbocycles.